The van der Waals surface area contributed by atoms with E-state index in [4.69, 9.17) is 15.5 Å². The molecule has 0 unspecified atom stereocenters. The molecule has 1 amide bonds. The molecule has 0 saturated carbocycles. The van der Waals surface area contributed by atoms with Gasteiger partial charge in [0.25, 0.3) is 0 Å². The highest BCUT2D eigenvalue weighted by Crippen LogP contribution is 2.35. The number of halogens is 1. The average molecular weight is 418 g/mol. The molecule has 1 aliphatic rings. The molecule has 2 aromatic heterocycles. The fourth-order valence-electron chi connectivity index (χ4n) is 4.55. The summed E-state index contributed by atoms with van der Waals surface area (Å²) >= 11 is 0. The maximum atomic E-state index is 13.9. The molecule has 0 aliphatic carbocycles. The molecule has 3 heterocycles. The van der Waals surface area contributed by atoms with E-state index < -0.39 is 0 Å². The molecule has 158 valence electrons. The fourth-order valence-corrected chi connectivity index (χ4v) is 4.55. The van der Waals surface area contributed by atoms with Gasteiger partial charge in [0.05, 0.1) is 30.6 Å². The predicted molar refractivity (Wildman–Crippen MR) is 118 cm³/mol. The van der Waals surface area contributed by atoms with Gasteiger partial charge in [0.1, 0.15) is 0 Å². The van der Waals surface area contributed by atoms with Gasteiger partial charge in [0.15, 0.2) is 11.6 Å². The number of pyridine rings is 1. The molecule has 0 spiro atoms. The smallest absolute Gasteiger partial charge is 0.231 e. The molecule has 31 heavy (non-hydrogen) atoms. The Bertz CT molecular complexity index is 1310. The highest BCUT2D eigenvalue weighted by atomic mass is 19.1. The first-order valence-electron chi connectivity index (χ1n) is 10.3. The number of hydrogen-bond acceptors (Lipinski definition) is 4. The van der Waals surface area contributed by atoms with E-state index in [1.807, 2.05) is 17.0 Å². The molecule has 0 radical (unpaired) electrons. The molecule has 0 atom stereocenters. The number of nitrogens with two attached hydrogens (primary N) is 1. The maximum absolute atomic E-state index is 13.9. The fraction of sp³-hybridized carbons (Fsp3) is 0.250. The minimum atomic E-state index is -0.387. The van der Waals surface area contributed by atoms with Crippen LogP contribution in [0.3, 0.4) is 0 Å². The van der Waals surface area contributed by atoms with Crippen LogP contribution >= 0.6 is 0 Å². The van der Waals surface area contributed by atoms with Crippen LogP contribution in [-0.4, -0.2) is 41.0 Å². The third-order valence-electron chi connectivity index (χ3n) is 5.93. The van der Waals surface area contributed by atoms with E-state index in [-0.39, 0.29) is 24.0 Å². The second kappa shape index (κ2) is 7.67. The number of nitrogens with zero attached hydrogens (tertiary/aromatic N) is 2. The number of methoxy groups -OCH3 is 1. The van der Waals surface area contributed by atoms with Gasteiger partial charge in [-0.05, 0) is 35.7 Å². The lowest BCUT2D eigenvalue weighted by atomic mass is 9.96. The van der Waals surface area contributed by atoms with E-state index in [2.05, 4.69) is 17.1 Å². The number of nitrogens with one attached hydrogen (secondary N) is 1. The Kier molecular flexibility index (Phi) is 4.82. The highest BCUT2D eigenvalue weighted by Gasteiger charge is 2.24. The van der Waals surface area contributed by atoms with Crippen molar-refractivity contribution < 1.29 is 13.9 Å². The Labute approximate surface area is 178 Å². The van der Waals surface area contributed by atoms with Gasteiger partial charge in [-0.2, -0.15) is 0 Å². The van der Waals surface area contributed by atoms with Gasteiger partial charge >= 0.3 is 0 Å². The van der Waals surface area contributed by atoms with Crippen molar-refractivity contribution in [1.82, 2.24) is 14.9 Å². The molecule has 6 nitrogen and oxygen atoms in total. The van der Waals surface area contributed by atoms with Crippen LogP contribution in [0.2, 0.25) is 0 Å². The summed E-state index contributed by atoms with van der Waals surface area (Å²) in [5.74, 6) is -0.506. The number of hydrogen-bond donors (Lipinski definition) is 2. The summed E-state index contributed by atoms with van der Waals surface area (Å²) in [6, 6.07) is 13.1. The zero-order valence-electron chi connectivity index (χ0n) is 17.2. The number of primary amides is 1. The number of H-pyrrole nitrogens is 1. The monoisotopic (exact) mass is 418 g/mol. The lowest BCUT2D eigenvalue weighted by molar-refractivity contribution is -0.119. The van der Waals surface area contributed by atoms with Gasteiger partial charge in [-0.25, -0.2) is 4.39 Å². The second-order valence-corrected chi connectivity index (χ2v) is 7.98. The summed E-state index contributed by atoms with van der Waals surface area (Å²) in [5, 5.41) is 2.35. The zero-order valence-corrected chi connectivity index (χ0v) is 17.2. The van der Waals surface area contributed by atoms with Crippen LogP contribution in [0.1, 0.15) is 22.5 Å². The van der Waals surface area contributed by atoms with Crippen molar-refractivity contribution in [2.45, 2.75) is 19.4 Å². The number of para-hydroxylation sites is 1. The van der Waals surface area contributed by atoms with Crippen molar-refractivity contribution in [1.29, 1.82) is 0 Å². The van der Waals surface area contributed by atoms with Crippen molar-refractivity contribution in [2.24, 2.45) is 5.73 Å². The summed E-state index contributed by atoms with van der Waals surface area (Å²) in [5.41, 5.74) is 11.5. The largest absolute Gasteiger partial charge is 0.494 e. The maximum Gasteiger partial charge on any atom is 0.231 e. The number of amides is 1. The van der Waals surface area contributed by atoms with E-state index in [1.54, 1.807) is 12.1 Å². The topological polar surface area (TPSA) is 84.2 Å². The minimum absolute atomic E-state index is 0.219. The van der Waals surface area contributed by atoms with Crippen molar-refractivity contribution in [3.8, 4) is 5.75 Å². The Morgan fingerprint density at radius 1 is 1.29 bits per heavy atom. The second-order valence-electron chi connectivity index (χ2n) is 7.98. The number of fused-ring (bicyclic) bond motifs is 5. The summed E-state index contributed by atoms with van der Waals surface area (Å²) in [4.78, 5) is 22.0. The van der Waals surface area contributed by atoms with E-state index in [9.17, 15) is 9.18 Å². The van der Waals surface area contributed by atoms with Crippen LogP contribution < -0.4 is 10.5 Å². The van der Waals surface area contributed by atoms with Gasteiger partial charge in [0.2, 0.25) is 5.91 Å². The molecule has 3 N–H and O–H groups in total. The van der Waals surface area contributed by atoms with Crippen LogP contribution in [0.4, 0.5) is 4.39 Å². The van der Waals surface area contributed by atoms with Crippen molar-refractivity contribution >= 4 is 27.7 Å². The van der Waals surface area contributed by atoms with Crippen LogP contribution in [0, 0.1) is 5.82 Å². The number of carbonyl (C=O) groups excluding carboxylic acids is 1. The number of aromatic nitrogens is 2. The summed E-state index contributed by atoms with van der Waals surface area (Å²) in [6.07, 6.45) is 1.33. The Hall–Kier alpha value is -3.45. The Morgan fingerprint density at radius 2 is 2.13 bits per heavy atom. The molecule has 2 aromatic carbocycles. The molecular formula is C24H23FN4O2. The quantitative estimate of drug-likeness (QED) is 0.521. The van der Waals surface area contributed by atoms with Gasteiger partial charge < -0.3 is 15.5 Å². The zero-order chi connectivity index (χ0) is 21.5. The Morgan fingerprint density at radius 3 is 2.94 bits per heavy atom. The minimum Gasteiger partial charge on any atom is -0.494 e. The van der Waals surface area contributed by atoms with Gasteiger partial charge in [-0.1, -0.05) is 24.3 Å². The number of carbonyl (C=O) groups is 1. The SMILES string of the molecule is COc1cc(Cc2nc3c(c4c2[nH]c2ccccc24)CCN(CC(N)=O)C3)ccc1F. The van der Waals surface area contributed by atoms with Crippen molar-refractivity contribution in [3.05, 3.63) is 70.8 Å². The molecule has 0 fully saturated rings. The molecule has 0 bridgehead atoms. The number of benzene rings is 2. The number of rotatable bonds is 5. The molecule has 7 heteroatoms. The lowest BCUT2D eigenvalue weighted by Crippen LogP contribution is -2.38. The lowest BCUT2D eigenvalue weighted by Gasteiger charge is -2.28. The average Bonchev–Trinajstić information content (AvgIpc) is 3.15. The molecule has 1 aliphatic heterocycles. The van der Waals surface area contributed by atoms with E-state index in [1.165, 1.54) is 24.1 Å². The first kappa shape index (κ1) is 19.5. The molecule has 4 aromatic rings. The third-order valence-corrected chi connectivity index (χ3v) is 5.93. The normalized spacial score (nSPS) is 14.1. The number of aromatic amines is 1. The molecular weight excluding hydrogens is 395 g/mol. The van der Waals surface area contributed by atoms with E-state index >= 15 is 0 Å². The van der Waals surface area contributed by atoms with Crippen molar-refractivity contribution in [2.75, 3.05) is 20.2 Å². The third kappa shape index (κ3) is 3.51. The van der Waals surface area contributed by atoms with Crippen molar-refractivity contribution in [3.63, 3.8) is 0 Å². The Balaban J connectivity index is 1.66. The highest BCUT2D eigenvalue weighted by molar-refractivity contribution is 6.10. The summed E-state index contributed by atoms with van der Waals surface area (Å²) in [6.45, 7) is 1.56. The first-order chi connectivity index (χ1) is 15.0. The van der Waals surface area contributed by atoms with Gasteiger partial charge in [-0.15, -0.1) is 0 Å². The first-order valence-corrected chi connectivity index (χ1v) is 10.3. The van der Waals surface area contributed by atoms with Gasteiger partial charge in [-0.3, -0.25) is 14.7 Å². The van der Waals surface area contributed by atoms with Gasteiger partial charge in [0, 0.05) is 35.8 Å². The van der Waals surface area contributed by atoms with Crippen LogP contribution in [0.25, 0.3) is 21.8 Å². The van der Waals surface area contributed by atoms with Crippen LogP contribution in [-0.2, 0) is 24.2 Å². The van der Waals surface area contributed by atoms with Crippen LogP contribution in [0.15, 0.2) is 42.5 Å². The summed E-state index contributed by atoms with van der Waals surface area (Å²) in [7, 11) is 1.46. The molecule has 5 rings (SSSR count). The standard InChI is InChI=1S/C24H23FN4O2/c1-31-21-11-14(6-7-17(21)25)10-19-24-23(15-4-2-3-5-18(15)28-24)16-8-9-29(13-22(26)30)12-20(16)27-19/h2-7,11,28H,8-10,12-13H2,1H3,(H2,26,30). The van der Waals surface area contributed by atoms with E-state index in [0.29, 0.717) is 13.0 Å². The van der Waals surface area contributed by atoms with Crippen LogP contribution in [0.5, 0.6) is 5.75 Å². The molecule has 0 saturated heterocycles. The predicted octanol–water partition coefficient (Wildman–Crippen LogP) is 3.30. The summed E-state index contributed by atoms with van der Waals surface area (Å²) < 4.78 is 19.0. The van der Waals surface area contributed by atoms with E-state index in [0.717, 1.165) is 46.3 Å². The number of ether oxygens (including phenoxy) is 1.